The zero-order chi connectivity index (χ0) is 16.8. The molecule has 1 aliphatic heterocycles. The molecule has 1 aliphatic rings. The summed E-state index contributed by atoms with van der Waals surface area (Å²) in [5.74, 6) is -1.92. The van der Waals surface area contributed by atoms with E-state index in [4.69, 9.17) is 5.11 Å². The van der Waals surface area contributed by atoms with E-state index in [-0.39, 0.29) is 24.4 Å². The molecule has 0 atom stereocenters. The predicted octanol–water partition coefficient (Wildman–Crippen LogP) is 1.77. The first-order valence-electron chi connectivity index (χ1n) is 6.74. The molecule has 2 N–H and O–H groups in total. The molecule has 1 fully saturated rings. The van der Waals surface area contributed by atoms with Gasteiger partial charge in [-0.15, -0.1) is 11.3 Å². The molecule has 0 spiro atoms. The van der Waals surface area contributed by atoms with E-state index >= 15 is 0 Å². The van der Waals surface area contributed by atoms with E-state index in [2.05, 4.69) is 5.32 Å². The Hall–Kier alpha value is -2.13. The molecular formula is C14H14N2O5S2. The van der Waals surface area contributed by atoms with Gasteiger partial charge in [0.1, 0.15) is 6.54 Å². The zero-order valence-corrected chi connectivity index (χ0v) is 13.6. The van der Waals surface area contributed by atoms with Gasteiger partial charge in [0, 0.05) is 17.8 Å². The van der Waals surface area contributed by atoms with Crippen molar-refractivity contribution in [1.82, 2.24) is 10.2 Å². The van der Waals surface area contributed by atoms with Crippen molar-refractivity contribution in [3.8, 4) is 0 Å². The van der Waals surface area contributed by atoms with Gasteiger partial charge < -0.3 is 10.4 Å². The molecule has 0 aliphatic carbocycles. The molecule has 0 aromatic carbocycles. The molecule has 0 bridgehead atoms. The van der Waals surface area contributed by atoms with Crippen LogP contribution in [0.3, 0.4) is 0 Å². The molecule has 122 valence electrons. The van der Waals surface area contributed by atoms with Crippen LogP contribution in [0.2, 0.25) is 0 Å². The van der Waals surface area contributed by atoms with Gasteiger partial charge in [-0.05, 0) is 35.7 Å². The molecule has 1 aromatic heterocycles. The summed E-state index contributed by atoms with van der Waals surface area (Å²) in [5, 5.41) is 12.4. The number of amides is 3. The fourth-order valence-electron chi connectivity index (χ4n) is 1.81. The van der Waals surface area contributed by atoms with Crippen molar-refractivity contribution in [3.05, 3.63) is 27.3 Å². The van der Waals surface area contributed by atoms with Gasteiger partial charge in [0.15, 0.2) is 0 Å². The number of carboxylic acids is 1. The fourth-order valence-corrected chi connectivity index (χ4v) is 3.37. The van der Waals surface area contributed by atoms with Crippen molar-refractivity contribution in [2.45, 2.75) is 12.8 Å². The number of thioether (sulfide) groups is 1. The molecule has 2 rings (SSSR count). The molecule has 1 aromatic rings. The molecular weight excluding hydrogens is 340 g/mol. The van der Waals surface area contributed by atoms with Crippen LogP contribution in [0.15, 0.2) is 22.4 Å². The van der Waals surface area contributed by atoms with Crippen LogP contribution >= 0.6 is 23.1 Å². The maximum atomic E-state index is 12.2. The van der Waals surface area contributed by atoms with Gasteiger partial charge in [0.2, 0.25) is 5.91 Å². The smallest absolute Gasteiger partial charge is 0.303 e. The Labute approximate surface area is 140 Å². The Morgan fingerprint density at radius 2 is 2.13 bits per heavy atom. The van der Waals surface area contributed by atoms with Crippen LogP contribution in [0.5, 0.6) is 0 Å². The monoisotopic (exact) mass is 354 g/mol. The third-order valence-corrected chi connectivity index (χ3v) is 4.61. The van der Waals surface area contributed by atoms with Crippen molar-refractivity contribution in [2.75, 3.05) is 13.1 Å². The van der Waals surface area contributed by atoms with Crippen LogP contribution in [-0.2, 0) is 14.4 Å². The van der Waals surface area contributed by atoms with E-state index in [0.717, 1.165) is 21.5 Å². The van der Waals surface area contributed by atoms with Gasteiger partial charge in [-0.3, -0.25) is 24.1 Å². The molecule has 0 saturated carbocycles. The first-order chi connectivity index (χ1) is 11.0. The van der Waals surface area contributed by atoms with E-state index in [1.807, 2.05) is 17.5 Å². The van der Waals surface area contributed by atoms with Crippen LogP contribution in [0, 0.1) is 0 Å². The van der Waals surface area contributed by atoms with E-state index in [1.54, 1.807) is 6.08 Å². The number of carbonyl (C=O) groups is 4. The Balaban J connectivity index is 1.88. The number of nitrogens with one attached hydrogen (secondary N) is 1. The lowest BCUT2D eigenvalue weighted by molar-refractivity contribution is -0.137. The van der Waals surface area contributed by atoms with Crippen LogP contribution in [0.25, 0.3) is 6.08 Å². The number of hydrogen-bond donors (Lipinski definition) is 2. The minimum Gasteiger partial charge on any atom is -0.481 e. The van der Waals surface area contributed by atoms with Crippen LogP contribution < -0.4 is 5.32 Å². The normalized spacial score (nSPS) is 16.2. The number of hydrogen-bond acceptors (Lipinski definition) is 6. The molecule has 0 radical (unpaired) electrons. The summed E-state index contributed by atoms with van der Waals surface area (Å²) in [6.45, 7) is -0.175. The van der Waals surface area contributed by atoms with Crippen molar-refractivity contribution >= 4 is 52.2 Å². The first-order valence-corrected chi connectivity index (χ1v) is 8.44. The van der Waals surface area contributed by atoms with Gasteiger partial charge in [0.25, 0.3) is 11.1 Å². The van der Waals surface area contributed by atoms with E-state index in [1.165, 1.54) is 11.3 Å². The topological polar surface area (TPSA) is 104 Å². The van der Waals surface area contributed by atoms with Crippen molar-refractivity contribution in [3.63, 3.8) is 0 Å². The number of carbonyl (C=O) groups excluding carboxylic acids is 3. The standard InChI is InChI=1S/C14H14N2O5S2/c17-11(15-5-1-4-12(18)19)8-16-13(20)10(23-14(16)21)7-9-3-2-6-22-9/h2-3,6-7H,1,4-5,8H2,(H,15,17)(H,18,19)/b10-7-. The lowest BCUT2D eigenvalue weighted by Crippen LogP contribution is -2.39. The highest BCUT2D eigenvalue weighted by molar-refractivity contribution is 8.18. The molecule has 0 unspecified atom stereocenters. The second kappa shape index (κ2) is 7.93. The second-order valence-electron chi connectivity index (χ2n) is 4.63. The van der Waals surface area contributed by atoms with Gasteiger partial charge in [-0.2, -0.15) is 0 Å². The van der Waals surface area contributed by atoms with Gasteiger partial charge >= 0.3 is 5.97 Å². The average molecular weight is 354 g/mol. The van der Waals surface area contributed by atoms with Crippen molar-refractivity contribution in [2.24, 2.45) is 0 Å². The lowest BCUT2D eigenvalue weighted by atomic mass is 10.3. The lowest BCUT2D eigenvalue weighted by Gasteiger charge is -2.12. The van der Waals surface area contributed by atoms with Crippen LogP contribution in [0.4, 0.5) is 4.79 Å². The average Bonchev–Trinajstić information content (AvgIpc) is 3.08. The molecule has 2 heterocycles. The molecule has 3 amide bonds. The minimum atomic E-state index is -0.941. The summed E-state index contributed by atoms with van der Waals surface area (Å²) in [6.07, 6.45) is 1.87. The summed E-state index contributed by atoms with van der Waals surface area (Å²) in [6, 6.07) is 3.67. The number of imide groups is 1. The maximum Gasteiger partial charge on any atom is 0.303 e. The Bertz CT molecular complexity index is 654. The number of rotatable bonds is 7. The van der Waals surface area contributed by atoms with Crippen LogP contribution in [0.1, 0.15) is 17.7 Å². The molecule has 7 nitrogen and oxygen atoms in total. The highest BCUT2D eigenvalue weighted by atomic mass is 32.2. The Kier molecular flexibility index (Phi) is 5.94. The van der Waals surface area contributed by atoms with Crippen molar-refractivity contribution < 1.29 is 24.3 Å². The van der Waals surface area contributed by atoms with Crippen LogP contribution in [-0.4, -0.2) is 46.1 Å². The molecule has 1 saturated heterocycles. The van der Waals surface area contributed by atoms with Gasteiger partial charge in [-0.1, -0.05) is 6.07 Å². The largest absolute Gasteiger partial charge is 0.481 e. The maximum absolute atomic E-state index is 12.2. The molecule has 9 heteroatoms. The summed E-state index contributed by atoms with van der Waals surface area (Å²) >= 11 is 2.25. The number of aliphatic carboxylic acids is 1. The SMILES string of the molecule is O=C(O)CCCNC(=O)CN1C(=O)S/C(=C\c2cccs2)C1=O. The summed E-state index contributed by atoms with van der Waals surface area (Å²) in [4.78, 5) is 48.1. The van der Waals surface area contributed by atoms with Gasteiger partial charge in [0.05, 0.1) is 4.91 Å². The minimum absolute atomic E-state index is 0.0502. The first kappa shape index (κ1) is 17.2. The van der Waals surface area contributed by atoms with Crippen molar-refractivity contribution in [1.29, 1.82) is 0 Å². The van der Waals surface area contributed by atoms with E-state index < -0.39 is 23.0 Å². The summed E-state index contributed by atoms with van der Waals surface area (Å²) < 4.78 is 0. The highest BCUT2D eigenvalue weighted by Gasteiger charge is 2.36. The van der Waals surface area contributed by atoms with E-state index in [0.29, 0.717) is 6.42 Å². The third-order valence-electron chi connectivity index (χ3n) is 2.88. The fraction of sp³-hybridized carbons (Fsp3) is 0.286. The highest BCUT2D eigenvalue weighted by Crippen LogP contribution is 2.32. The van der Waals surface area contributed by atoms with Gasteiger partial charge in [-0.25, -0.2) is 0 Å². The number of carboxylic acid groups (broad SMARTS) is 1. The number of thiophene rings is 1. The Morgan fingerprint density at radius 3 is 2.78 bits per heavy atom. The summed E-state index contributed by atoms with van der Waals surface area (Å²) in [7, 11) is 0. The quantitative estimate of drug-likeness (QED) is 0.571. The third kappa shape index (κ3) is 4.93. The summed E-state index contributed by atoms with van der Waals surface area (Å²) in [5.41, 5.74) is 0. The van der Waals surface area contributed by atoms with E-state index in [9.17, 15) is 19.2 Å². The Morgan fingerprint density at radius 1 is 1.35 bits per heavy atom. The second-order valence-corrected chi connectivity index (χ2v) is 6.60. The zero-order valence-electron chi connectivity index (χ0n) is 12.0. The predicted molar refractivity (Wildman–Crippen MR) is 86.9 cm³/mol. The number of nitrogens with zero attached hydrogens (tertiary/aromatic N) is 1. The molecule has 23 heavy (non-hydrogen) atoms.